The molecule has 1 fully saturated rings. The van der Waals surface area contributed by atoms with Gasteiger partial charge in [-0.25, -0.2) is 0 Å². The first-order valence-corrected chi connectivity index (χ1v) is 6.97. The molecule has 3 atom stereocenters. The van der Waals surface area contributed by atoms with Crippen LogP contribution in [0.4, 0.5) is 0 Å². The fourth-order valence-corrected chi connectivity index (χ4v) is 2.80. The van der Waals surface area contributed by atoms with Crippen LogP contribution in [0.15, 0.2) is 24.3 Å². The molecule has 0 spiro atoms. The molecule has 2 aliphatic heterocycles. The van der Waals surface area contributed by atoms with Crippen LogP contribution in [0.3, 0.4) is 0 Å². The first-order valence-electron chi connectivity index (χ1n) is 6.97. The maximum absolute atomic E-state index is 6.06. The molecule has 104 valence electrons. The second kappa shape index (κ2) is 5.90. The SMILES string of the molecule is CNC1c2ccccc2OCC1OCC1CCOC1. The lowest BCUT2D eigenvalue weighted by Crippen LogP contribution is -2.40. The monoisotopic (exact) mass is 263 g/mol. The van der Waals surface area contributed by atoms with E-state index in [0.717, 1.165) is 32.0 Å². The highest BCUT2D eigenvalue weighted by molar-refractivity contribution is 5.38. The summed E-state index contributed by atoms with van der Waals surface area (Å²) in [5.41, 5.74) is 1.18. The second-order valence-electron chi connectivity index (χ2n) is 5.22. The quantitative estimate of drug-likeness (QED) is 0.898. The van der Waals surface area contributed by atoms with Crippen LogP contribution in [0.2, 0.25) is 0 Å². The molecule has 2 heterocycles. The number of para-hydroxylation sites is 1. The normalized spacial score (nSPS) is 29.8. The summed E-state index contributed by atoms with van der Waals surface area (Å²) in [4.78, 5) is 0. The van der Waals surface area contributed by atoms with E-state index in [1.807, 2.05) is 25.2 Å². The summed E-state index contributed by atoms with van der Waals surface area (Å²) in [7, 11) is 1.97. The van der Waals surface area contributed by atoms with Crippen molar-refractivity contribution >= 4 is 0 Å². The van der Waals surface area contributed by atoms with Crippen molar-refractivity contribution in [2.24, 2.45) is 5.92 Å². The van der Waals surface area contributed by atoms with Crippen molar-refractivity contribution in [3.8, 4) is 5.75 Å². The molecular weight excluding hydrogens is 242 g/mol. The van der Waals surface area contributed by atoms with Gasteiger partial charge in [-0.1, -0.05) is 18.2 Å². The molecule has 3 rings (SSSR count). The molecule has 19 heavy (non-hydrogen) atoms. The Morgan fingerprint density at radius 3 is 3.00 bits per heavy atom. The molecule has 1 aromatic carbocycles. The zero-order chi connectivity index (χ0) is 13.1. The highest BCUT2D eigenvalue weighted by Gasteiger charge is 2.31. The molecule has 0 amide bonds. The maximum Gasteiger partial charge on any atom is 0.124 e. The minimum absolute atomic E-state index is 0.0699. The van der Waals surface area contributed by atoms with Crippen LogP contribution in [0.1, 0.15) is 18.0 Å². The van der Waals surface area contributed by atoms with E-state index in [2.05, 4.69) is 11.4 Å². The summed E-state index contributed by atoms with van der Waals surface area (Å²) < 4.78 is 17.2. The zero-order valence-electron chi connectivity index (χ0n) is 11.3. The maximum atomic E-state index is 6.06. The number of likely N-dealkylation sites (N-methyl/N-ethyl adjacent to an activating group) is 1. The first kappa shape index (κ1) is 12.9. The van der Waals surface area contributed by atoms with Gasteiger partial charge in [0.25, 0.3) is 0 Å². The van der Waals surface area contributed by atoms with Crippen LogP contribution >= 0.6 is 0 Å². The second-order valence-corrected chi connectivity index (χ2v) is 5.22. The first-order chi connectivity index (χ1) is 9.38. The largest absolute Gasteiger partial charge is 0.490 e. The van der Waals surface area contributed by atoms with Crippen LogP contribution in [-0.2, 0) is 9.47 Å². The van der Waals surface area contributed by atoms with Crippen LogP contribution < -0.4 is 10.1 Å². The topological polar surface area (TPSA) is 39.7 Å². The van der Waals surface area contributed by atoms with E-state index < -0.39 is 0 Å². The average molecular weight is 263 g/mol. The van der Waals surface area contributed by atoms with Gasteiger partial charge in [0, 0.05) is 18.1 Å². The lowest BCUT2D eigenvalue weighted by atomic mass is 9.98. The van der Waals surface area contributed by atoms with Gasteiger partial charge >= 0.3 is 0 Å². The standard InChI is InChI=1S/C15H21NO3/c1-16-15-12-4-2-3-5-13(12)19-10-14(15)18-9-11-6-7-17-8-11/h2-5,11,14-16H,6-10H2,1H3. The molecule has 3 unspecified atom stereocenters. The molecule has 1 saturated heterocycles. The van der Waals surface area contributed by atoms with Crippen molar-refractivity contribution in [2.75, 3.05) is 33.5 Å². The van der Waals surface area contributed by atoms with Gasteiger partial charge in [-0.15, -0.1) is 0 Å². The highest BCUT2D eigenvalue weighted by atomic mass is 16.5. The molecule has 1 aromatic rings. The molecule has 0 aromatic heterocycles. The summed E-state index contributed by atoms with van der Waals surface area (Å²) >= 11 is 0. The van der Waals surface area contributed by atoms with E-state index in [1.165, 1.54) is 5.56 Å². The summed E-state index contributed by atoms with van der Waals surface area (Å²) in [6.45, 7) is 3.06. The van der Waals surface area contributed by atoms with E-state index in [0.29, 0.717) is 12.5 Å². The number of hydrogen-bond acceptors (Lipinski definition) is 4. The van der Waals surface area contributed by atoms with Gasteiger partial charge in [-0.05, 0) is 19.5 Å². The zero-order valence-corrected chi connectivity index (χ0v) is 11.3. The van der Waals surface area contributed by atoms with Crippen molar-refractivity contribution in [1.82, 2.24) is 5.32 Å². The van der Waals surface area contributed by atoms with Crippen molar-refractivity contribution in [3.63, 3.8) is 0 Å². The summed E-state index contributed by atoms with van der Waals surface area (Å²) in [5, 5.41) is 3.35. The molecule has 1 N–H and O–H groups in total. The number of fused-ring (bicyclic) bond motifs is 1. The number of benzene rings is 1. The summed E-state index contributed by atoms with van der Waals surface area (Å²) in [6.07, 6.45) is 1.18. The predicted octanol–water partition coefficient (Wildman–Crippen LogP) is 1.76. The fraction of sp³-hybridized carbons (Fsp3) is 0.600. The molecule has 0 saturated carbocycles. The van der Waals surface area contributed by atoms with Gasteiger partial charge in [0.1, 0.15) is 18.5 Å². The van der Waals surface area contributed by atoms with Gasteiger partial charge in [0.05, 0.1) is 19.3 Å². The minimum Gasteiger partial charge on any atom is -0.490 e. The van der Waals surface area contributed by atoms with Crippen LogP contribution in [-0.4, -0.2) is 39.6 Å². The Hall–Kier alpha value is -1.10. The molecule has 4 nitrogen and oxygen atoms in total. The molecule has 4 heteroatoms. The van der Waals surface area contributed by atoms with Crippen molar-refractivity contribution in [3.05, 3.63) is 29.8 Å². The van der Waals surface area contributed by atoms with Gasteiger partial charge in [0.2, 0.25) is 0 Å². The van der Waals surface area contributed by atoms with Crippen LogP contribution in [0, 0.1) is 5.92 Å². The molecule has 0 aliphatic carbocycles. The highest BCUT2D eigenvalue weighted by Crippen LogP contribution is 2.33. The average Bonchev–Trinajstić information content (AvgIpc) is 2.97. The van der Waals surface area contributed by atoms with E-state index in [-0.39, 0.29) is 12.1 Å². The molecular formula is C15H21NO3. The summed E-state index contributed by atoms with van der Waals surface area (Å²) in [5.74, 6) is 1.50. The smallest absolute Gasteiger partial charge is 0.124 e. The van der Waals surface area contributed by atoms with Crippen molar-refractivity contribution in [1.29, 1.82) is 0 Å². The van der Waals surface area contributed by atoms with Crippen molar-refractivity contribution in [2.45, 2.75) is 18.6 Å². The van der Waals surface area contributed by atoms with Crippen LogP contribution in [0.25, 0.3) is 0 Å². The fourth-order valence-electron chi connectivity index (χ4n) is 2.80. The van der Waals surface area contributed by atoms with Gasteiger partial charge < -0.3 is 19.5 Å². The third-order valence-corrected chi connectivity index (χ3v) is 3.91. The van der Waals surface area contributed by atoms with E-state index in [4.69, 9.17) is 14.2 Å². The summed E-state index contributed by atoms with van der Waals surface area (Å²) in [6, 6.07) is 8.36. The number of nitrogens with one attached hydrogen (secondary N) is 1. The van der Waals surface area contributed by atoms with Gasteiger partial charge in [0.15, 0.2) is 0 Å². The third kappa shape index (κ3) is 2.76. The van der Waals surface area contributed by atoms with Crippen LogP contribution in [0.5, 0.6) is 5.75 Å². The Kier molecular flexibility index (Phi) is 4.01. The lowest BCUT2D eigenvalue weighted by molar-refractivity contribution is -0.0295. The predicted molar refractivity (Wildman–Crippen MR) is 72.4 cm³/mol. The van der Waals surface area contributed by atoms with Gasteiger partial charge in [-0.3, -0.25) is 0 Å². The minimum atomic E-state index is 0.0699. The Bertz CT molecular complexity index is 418. The molecule has 2 aliphatic rings. The Morgan fingerprint density at radius 2 is 2.21 bits per heavy atom. The van der Waals surface area contributed by atoms with E-state index in [1.54, 1.807) is 0 Å². The third-order valence-electron chi connectivity index (χ3n) is 3.91. The number of ether oxygens (including phenoxy) is 3. The van der Waals surface area contributed by atoms with Gasteiger partial charge in [-0.2, -0.15) is 0 Å². The van der Waals surface area contributed by atoms with E-state index >= 15 is 0 Å². The Labute approximate surface area is 114 Å². The van der Waals surface area contributed by atoms with E-state index in [9.17, 15) is 0 Å². The van der Waals surface area contributed by atoms with Crippen molar-refractivity contribution < 1.29 is 14.2 Å². The number of rotatable bonds is 4. The molecule has 0 radical (unpaired) electrons. The molecule has 0 bridgehead atoms. The Balaban J connectivity index is 1.65. The Morgan fingerprint density at radius 1 is 1.32 bits per heavy atom. The number of hydrogen-bond donors (Lipinski definition) is 1. The lowest BCUT2D eigenvalue weighted by Gasteiger charge is -2.33.